The molecule has 0 saturated carbocycles. The molecule has 3 amide bonds. The number of hydrogen-bond acceptors (Lipinski definition) is 13. The van der Waals surface area contributed by atoms with Gasteiger partial charge in [0.1, 0.15) is 11.6 Å². The van der Waals surface area contributed by atoms with E-state index in [0.29, 0.717) is 80.5 Å². The van der Waals surface area contributed by atoms with E-state index in [-0.39, 0.29) is 51.9 Å². The van der Waals surface area contributed by atoms with Crippen molar-refractivity contribution in [3.8, 4) is 11.4 Å². The van der Waals surface area contributed by atoms with Crippen LogP contribution >= 0.6 is 0 Å². The molecule has 8 rings (SSSR count). The summed E-state index contributed by atoms with van der Waals surface area (Å²) in [7, 11) is -7.18. The monoisotopic (exact) mass is 1030 g/mol. The molecule has 22 heteroatoms. The van der Waals surface area contributed by atoms with Crippen molar-refractivity contribution in [1.29, 1.82) is 0 Å². The molecule has 4 N–H and O–H groups in total. The first-order valence-electron chi connectivity index (χ1n) is 23.1. The molecule has 6 heterocycles. The lowest BCUT2D eigenvalue weighted by atomic mass is 10.0. The van der Waals surface area contributed by atoms with Gasteiger partial charge in [0.15, 0.2) is 29.7 Å². The van der Waals surface area contributed by atoms with Gasteiger partial charge < -0.3 is 16.4 Å². The number of benzene rings is 2. The van der Waals surface area contributed by atoms with Gasteiger partial charge in [0.25, 0.3) is 11.8 Å². The van der Waals surface area contributed by atoms with Crippen molar-refractivity contribution in [3.05, 3.63) is 155 Å². The van der Waals surface area contributed by atoms with Crippen LogP contribution in [-0.2, 0) is 37.3 Å². The van der Waals surface area contributed by atoms with Gasteiger partial charge in [0.2, 0.25) is 5.91 Å². The fourth-order valence-corrected chi connectivity index (χ4v) is 9.25. The first-order chi connectivity index (χ1) is 34.6. The number of hydrogen-bond donors (Lipinski definition) is 3. The SMILES string of the molecule is CC[C@H](NC(=O)c1cncc2c1cnn2-c1ccc(F)cc1)c1cc(CC(C)C)nc(S(C)(=O)=O)c1.CC[C@H](NC(=O)c1cncc2c1cnn2-c1ccc(F)cc1)c1cc(CCC(N)=O)nc(S(C)(=O)=O)c1. The summed E-state index contributed by atoms with van der Waals surface area (Å²) in [6.45, 7) is 7.83. The minimum atomic E-state index is -3.65. The summed E-state index contributed by atoms with van der Waals surface area (Å²) in [6, 6.07) is 17.1. The van der Waals surface area contributed by atoms with Gasteiger partial charge in [-0.05, 0) is 116 Å². The Kier molecular flexibility index (Phi) is 16.2. The van der Waals surface area contributed by atoms with Gasteiger partial charge in [-0.2, -0.15) is 10.2 Å². The standard InChI is InChI=1S/C26H28FN5O3S.C25H25FN6O4S/c1-5-23(17-11-19(10-16(2)3)30-25(12-17)36(4,34)35)31-26(33)22-13-28-15-24-21(22)14-29-32(24)20-8-6-18(27)7-9-20;1-3-21(15-10-17(6-9-23(27)33)30-24(11-15)37(2,35)36)31-25(34)20-12-28-14-22-19(20)13-29-32(22)18-7-4-16(26)5-8-18/h6-9,11-16,23H,5,10H2,1-4H3,(H,31,33);4-5,7-8,10-14,21H,3,6,9H2,1-2H3,(H2,27,33)(H,31,34)/t23-;21-/m00/s1. The number of aromatic nitrogens is 8. The molecular formula is C51H53F2N11O7S2. The molecule has 2 atom stereocenters. The minimum absolute atomic E-state index is 0.00677. The lowest BCUT2D eigenvalue weighted by molar-refractivity contribution is -0.118. The number of halogens is 2. The van der Waals surface area contributed by atoms with E-state index in [9.17, 15) is 40.0 Å². The third kappa shape index (κ3) is 12.8. The fourth-order valence-electron chi connectivity index (χ4n) is 7.99. The van der Waals surface area contributed by atoms with E-state index in [1.165, 1.54) is 55.0 Å². The first kappa shape index (κ1) is 53.0. The zero-order chi connectivity index (χ0) is 52.8. The predicted molar refractivity (Wildman–Crippen MR) is 269 cm³/mol. The first-order valence-corrected chi connectivity index (χ1v) is 26.9. The summed E-state index contributed by atoms with van der Waals surface area (Å²) in [4.78, 5) is 54.8. The van der Waals surface area contributed by atoms with Crippen molar-refractivity contribution in [2.45, 2.75) is 81.9 Å². The zero-order valence-electron chi connectivity index (χ0n) is 40.7. The summed E-state index contributed by atoms with van der Waals surface area (Å²) in [5.41, 5.74) is 10.5. The van der Waals surface area contributed by atoms with E-state index >= 15 is 0 Å². The molecule has 380 valence electrons. The van der Waals surface area contributed by atoms with E-state index in [1.807, 2.05) is 33.8 Å². The number of rotatable bonds is 17. The Balaban J connectivity index is 0.000000214. The zero-order valence-corrected chi connectivity index (χ0v) is 42.4. The maximum atomic E-state index is 13.4. The molecule has 0 aliphatic rings. The van der Waals surface area contributed by atoms with Crippen LogP contribution in [0, 0.1) is 17.6 Å². The fraction of sp³-hybridized carbons (Fsp3) is 0.275. The summed E-state index contributed by atoms with van der Waals surface area (Å²) in [5, 5.41) is 15.6. The molecule has 2 aromatic carbocycles. The molecule has 0 fully saturated rings. The number of carbonyl (C=O) groups is 3. The number of nitrogens with two attached hydrogens (primary N) is 1. The normalized spacial score (nSPS) is 12.6. The van der Waals surface area contributed by atoms with E-state index in [2.05, 4.69) is 40.8 Å². The van der Waals surface area contributed by atoms with E-state index in [0.717, 1.165) is 12.5 Å². The highest BCUT2D eigenvalue weighted by molar-refractivity contribution is 7.90. The van der Waals surface area contributed by atoms with Gasteiger partial charge in [-0.15, -0.1) is 0 Å². The molecular weight excluding hydrogens is 981 g/mol. The van der Waals surface area contributed by atoms with Crippen LogP contribution in [0.3, 0.4) is 0 Å². The van der Waals surface area contributed by atoms with Gasteiger partial charge in [-0.1, -0.05) is 27.7 Å². The Morgan fingerprint density at radius 3 is 1.41 bits per heavy atom. The quantitative estimate of drug-likeness (QED) is 0.0824. The van der Waals surface area contributed by atoms with Crippen LogP contribution in [0.25, 0.3) is 33.2 Å². The third-order valence-corrected chi connectivity index (χ3v) is 13.6. The van der Waals surface area contributed by atoms with Gasteiger partial charge in [-0.3, -0.25) is 24.4 Å². The second-order valence-corrected chi connectivity index (χ2v) is 21.7. The molecule has 18 nitrogen and oxygen atoms in total. The smallest absolute Gasteiger partial charge is 0.254 e. The van der Waals surface area contributed by atoms with Gasteiger partial charge in [0, 0.05) is 53.5 Å². The van der Waals surface area contributed by atoms with E-state index < -0.39 is 43.6 Å². The Bertz CT molecular complexity index is 3570. The number of primary amides is 1. The Hall–Kier alpha value is -7.85. The van der Waals surface area contributed by atoms with Crippen LogP contribution < -0.4 is 16.4 Å². The summed E-state index contributed by atoms with van der Waals surface area (Å²) < 4.78 is 78.9. The third-order valence-electron chi connectivity index (χ3n) is 11.6. The molecule has 0 bridgehead atoms. The molecule has 6 aromatic heterocycles. The van der Waals surface area contributed by atoms with Crippen LogP contribution in [0.15, 0.2) is 120 Å². The average molecular weight is 1030 g/mol. The van der Waals surface area contributed by atoms with Gasteiger partial charge in [-0.25, -0.2) is 44.9 Å². The maximum Gasteiger partial charge on any atom is 0.254 e. The highest BCUT2D eigenvalue weighted by Crippen LogP contribution is 2.27. The highest BCUT2D eigenvalue weighted by Gasteiger charge is 2.24. The Morgan fingerprint density at radius 2 is 1.03 bits per heavy atom. The molecule has 0 unspecified atom stereocenters. The number of aryl methyl sites for hydroxylation is 1. The molecule has 0 aliphatic carbocycles. The van der Waals surface area contributed by atoms with Gasteiger partial charge in [0.05, 0.1) is 70.4 Å². The number of sulfone groups is 2. The van der Waals surface area contributed by atoms with E-state index in [1.54, 1.807) is 58.3 Å². The number of pyridine rings is 4. The van der Waals surface area contributed by atoms with Crippen LogP contribution in [0.2, 0.25) is 0 Å². The lowest BCUT2D eigenvalue weighted by Gasteiger charge is -2.19. The van der Waals surface area contributed by atoms with Crippen molar-refractivity contribution < 1.29 is 40.0 Å². The number of nitrogens with one attached hydrogen (secondary N) is 2. The number of amides is 3. The second-order valence-electron chi connectivity index (χ2n) is 17.7. The van der Waals surface area contributed by atoms with Crippen LogP contribution in [-0.4, -0.2) is 86.6 Å². The number of fused-ring (bicyclic) bond motifs is 2. The maximum absolute atomic E-state index is 13.4. The van der Waals surface area contributed by atoms with Crippen LogP contribution in [0.1, 0.15) is 102 Å². The number of nitrogens with zero attached hydrogens (tertiary/aromatic N) is 8. The number of carbonyl (C=O) groups excluding carboxylic acids is 3. The predicted octanol–water partition coefficient (Wildman–Crippen LogP) is 7.09. The van der Waals surface area contributed by atoms with E-state index in [4.69, 9.17) is 5.73 Å². The van der Waals surface area contributed by atoms with Crippen molar-refractivity contribution in [2.24, 2.45) is 11.7 Å². The minimum Gasteiger partial charge on any atom is -0.370 e. The van der Waals surface area contributed by atoms with Crippen molar-refractivity contribution in [3.63, 3.8) is 0 Å². The van der Waals surface area contributed by atoms with Crippen molar-refractivity contribution in [2.75, 3.05) is 12.5 Å². The Labute approximate surface area is 420 Å². The second kappa shape index (κ2) is 22.3. The molecule has 0 radical (unpaired) electrons. The molecule has 73 heavy (non-hydrogen) atoms. The molecule has 0 aliphatic heterocycles. The van der Waals surface area contributed by atoms with Crippen LogP contribution in [0.4, 0.5) is 8.78 Å². The largest absolute Gasteiger partial charge is 0.370 e. The lowest BCUT2D eigenvalue weighted by Crippen LogP contribution is -2.29. The molecule has 0 spiro atoms. The molecule has 0 saturated heterocycles. The summed E-state index contributed by atoms with van der Waals surface area (Å²) in [6.07, 6.45) is 13.1. The highest BCUT2D eigenvalue weighted by atomic mass is 32.2. The van der Waals surface area contributed by atoms with Crippen molar-refractivity contribution >= 4 is 59.2 Å². The Morgan fingerprint density at radius 1 is 0.616 bits per heavy atom. The molecule has 8 aromatic rings. The topological polar surface area (TPSA) is 257 Å². The van der Waals surface area contributed by atoms with Gasteiger partial charge >= 0.3 is 0 Å². The summed E-state index contributed by atoms with van der Waals surface area (Å²) in [5.74, 6) is -1.77. The summed E-state index contributed by atoms with van der Waals surface area (Å²) >= 11 is 0. The van der Waals surface area contributed by atoms with Crippen LogP contribution in [0.5, 0.6) is 0 Å². The average Bonchev–Trinajstić information content (AvgIpc) is 3.99. The van der Waals surface area contributed by atoms with Crippen molar-refractivity contribution in [1.82, 2.24) is 50.1 Å².